The minimum atomic E-state index is -0.405. The molecule has 0 spiro atoms. The summed E-state index contributed by atoms with van der Waals surface area (Å²) in [6.07, 6.45) is 3.02. The van der Waals surface area contributed by atoms with Gasteiger partial charge in [0.25, 0.3) is 0 Å². The van der Waals surface area contributed by atoms with Crippen molar-refractivity contribution in [3.8, 4) is 5.75 Å². The van der Waals surface area contributed by atoms with E-state index in [0.29, 0.717) is 0 Å². The number of nitrogens with zero attached hydrogens (tertiary/aromatic N) is 2. The van der Waals surface area contributed by atoms with Crippen molar-refractivity contribution in [2.45, 2.75) is 39.2 Å². The normalized spacial score (nSPS) is 23.3. The Labute approximate surface area is 140 Å². The van der Waals surface area contributed by atoms with Crippen LogP contribution in [-0.2, 0) is 0 Å². The predicted molar refractivity (Wildman–Crippen MR) is 94.2 cm³/mol. The molecule has 0 aliphatic carbocycles. The number of aliphatic hydroxyl groups excluding tert-OH is 1. The van der Waals surface area contributed by atoms with Gasteiger partial charge in [0.05, 0.1) is 18.3 Å². The van der Waals surface area contributed by atoms with Crippen molar-refractivity contribution in [3.63, 3.8) is 0 Å². The zero-order chi connectivity index (χ0) is 16.2. The topological polar surface area (TPSA) is 35.9 Å². The number of hydrogen-bond acceptors (Lipinski definition) is 4. The number of fused-ring (bicyclic) bond motifs is 1. The van der Waals surface area contributed by atoms with Crippen molar-refractivity contribution in [2.24, 2.45) is 5.92 Å². The van der Waals surface area contributed by atoms with E-state index in [1.54, 1.807) is 0 Å². The van der Waals surface area contributed by atoms with Crippen LogP contribution in [0.2, 0.25) is 0 Å². The third-order valence-corrected chi connectivity index (χ3v) is 5.17. The first-order chi connectivity index (χ1) is 11.2. The van der Waals surface area contributed by atoms with Crippen LogP contribution in [0.4, 0.5) is 5.69 Å². The molecule has 0 radical (unpaired) electrons. The third-order valence-electron chi connectivity index (χ3n) is 5.17. The Morgan fingerprint density at radius 3 is 3.00 bits per heavy atom. The zero-order valence-electron chi connectivity index (χ0n) is 14.5. The molecular formula is C19H30N2O2. The first-order valence-electron chi connectivity index (χ1n) is 9.09. The number of aliphatic hydroxyl groups is 1. The summed E-state index contributed by atoms with van der Waals surface area (Å²) in [6, 6.07) is 6.18. The lowest BCUT2D eigenvalue weighted by Crippen LogP contribution is -2.35. The van der Waals surface area contributed by atoms with E-state index in [1.165, 1.54) is 25.9 Å². The van der Waals surface area contributed by atoms with E-state index in [2.05, 4.69) is 35.8 Å². The van der Waals surface area contributed by atoms with Crippen LogP contribution in [0, 0.1) is 5.92 Å². The van der Waals surface area contributed by atoms with Crippen LogP contribution >= 0.6 is 0 Å². The van der Waals surface area contributed by atoms with E-state index in [1.807, 2.05) is 6.07 Å². The predicted octanol–water partition coefficient (Wildman–Crippen LogP) is 3.06. The van der Waals surface area contributed by atoms with Crippen LogP contribution in [0.25, 0.3) is 0 Å². The first kappa shape index (κ1) is 16.6. The van der Waals surface area contributed by atoms with Crippen molar-refractivity contribution in [2.75, 3.05) is 44.2 Å². The van der Waals surface area contributed by atoms with Crippen molar-refractivity contribution in [1.29, 1.82) is 0 Å². The third kappa shape index (κ3) is 3.99. The number of piperidine rings is 1. The zero-order valence-corrected chi connectivity index (χ0v) is 14.5. The van der Waals surface area contributed by atoms with Crippen molar-refractivity contribution < 1.29 is 9.84 Å². The fraction of sp³-hybridized carbons (Fsp3) is 0.684. The molecule has 0 saturated carbocycles. The second-order valence-corrected chi connectivity index (χ2v) is 7.01. The Balaban J connectivity index is 1.60. The van der Waals surface area contributed by atoms with Crippen LogP contribution in [-0.4, -0.2) is 49.3 Å². The van der Waals surface area contributed by atoms with Gasteiger partial charge in [-0.2, -0.15) is 0 Å². The summed E-state index contributed by atoms with van der Waals surface area (Å²) in [5, 5.41) is 10.5. The molecule has 0 bridgehead atoms. The van der Waals surface area contributed by atoms with Gasteiger partial charge in [-0.3, -0.25) is 0 Å². The minimum absolute atomic E-state index is 0.405. The number of hydrogen-bond donors (Lipinski definition) is 1. The molecule has 1 N–H and O–H groups in total. The summed E-state index contributed by atoms with van der Waals surface area (Å²) in [4.78, 5) is 4.81. The van der Waals surface area contributed by atoms with E-state index in [-0.39, 0.29) is 0 Å². The number of rotatable bonds is 5. The molecule has 128 valence electrons. The molecule has 2 aliphatic heterocycles. The summed E-state index contributed by atoms with van der Waals surface area (Å²) < 4.78 is 5.79. The Hall–Kier alpha value is -1.26. The second-order valence-electron chi connectivity index (χ2n) is 7.01. The molecule has 0 amide bonds. The molecule has 0 aromatic heterocycles. The molecule has 2 heterocycles. The molecule has 2 aliphatic rings. The lowest BCUT2D eigenvalue weighted by molar-refractivity contribution is 0.121. The van der Waals surface area contributed by atoms with Crippen LogP contribution in [0.15, 0.2) is 18.2 Å². The van der Waals surface area contributed by atoms with Gasteiger partial charge >= 0.3 is 0 Å². The smallest absolute Gasteiger partial charge is 0.143 e. The van der Waals surface area contributed by atoms with Crippen LogP contribution < -0.4 is 9.64 Å². The molecular weight excluding hydrogens is 288 g/mol. The average Bonchev–Trinajstić information content (AvgIpc) is 2.58. The maximum Gasteiger partial charge on any atom is 0.143 e. The fourth-order valence-corrected chi connectivity index (χ4v) is 3.79. The number of ether oxygens (including phenoxy) is 1. The molecule has 23 heavy (non-hydrogen) atoms. The molecule has 3 rings (SSSR count). The molecule has 1 saturated heterocycles. The van der Waals surface area contributed by atoms with Gasteiger partial charge in [0.1, 0.15) is 12.4 Å². The highest BCUT2D eigenvalue weighted by atomic mass is 16.5. The Morgan fingerprint density at radius 2 is 2.22 bits per heavy atom. The summed E-state index contributed by atoms with van der Waals surface area (Å²) in [5.74, 6) is 1.71. The van der Waals surface area contributed by atoms with E-state index in [0.717, 1.165) is 55.6 Å². The molecule has 1 aromatic carbocycles. The minimum Gasteiger partial charge on any atom is -0.490 e. The molecule has 1 aromatic rings. The standard InChI is InChI=1S/C19H30N2O2/c1-3-21-11-12-23-19-13-16(6-7-17(19)21)18(22)8-10-20-9-4-5-15(2)14-20/h6-7,13,15,18,22H,3-5,8-12,14H2,1-2H3. The lowest BCUT2D eigenvalue weighted by Gasteiger charge is -2.32. The summed E-state index contributed by atoms with van der Waals surface area (Å²) in [6.45, 7) is 10.5. The largest absolute Gasteiger partial charge is 0.490 e. The fourth-order valence-electron chi connectivity index (χ4n) is 3.79. The van der Waals surface area contributed by atoms with E-state index in [4.69, 9.17) is 4.74 Å². The molecule has 2 atom stereocenters. The van der Waals surface area contributed by atoms with Crippen molar-refractivity contribution >= 4 is 5.69 Å². The van der Waals surface area contributed by atoms with Gasteiger partial charge in [0, 0.05) is 19.6 Å². The summed E-state index contributed by atoms with van der Waals surface area (Å²) in [7, 11) is 0. The number of benzene rings is 1. The highest BCUT2D eigenvalue weighted by Gasteiger charge is 2.20. The van der Waals surface area contributed by atoms with Gasteiger partial charge in [-0.1, -0.05) is 13.0 Å². The van der Waals surface area contributed by atoms with Crippen molar-refractivity contribution in [3.05, 3.63) is 23.8 Å². The monoisotopic (exact) mass is 318 g/mol. The van der Waals surface area contributed by atoms with Gasteiger partial charge in [-0.05, 0) is 56.3 Å². The van der Waals surface area contributed by atoms with Crippen LogP contribution in [0.3, 0.4) is 0 Å². The SMILES string of the molecule is CCN1CCOc2cc(C(O)CCN3CCCC(C)C3)ccc21. The second kappa shape index (κ2) is 7.54. The Kier molecular flexibility index (Phi) is 5.44. The highest BCUT2D eigenvalue weighted by Crippen LogP contribution is 2.34. The molecule has 4 heteroatoms. The quantitative estimate of drug-likeness (QED) is 0.905. The van der Waals surface area contributed by atoms with E-state index >= 15 is 0 Å². The van der Waals surface area contributed by atoms with Crippen LogP contribution in [0.5, 0.6) is 5.75 Å². The Morgan fingerprint density at radius 1 is 1.35 bits per heavy atom. The van der Waals surface area contributed by atoms with Crippen LogP contribution in [0.1, 0.15) is 44.8 Å². The molecule has 1 fully saturated rings. The Bertz CT molecular complexity index is 520. The summed E-state index contributed by atoms with van der Waals surface area (Å²) in [5.41, 5.74) is 2.13. The van der Waals surface area contributed by atoms with Crippen molar-refractivity contribution in [1.82, 2.24) is 4.90 Å². The lowest BCUT2D eigenvalue weighted by atomic mass is 9.99. The molecule has 2 unspecified atom stereocenters. The van der Waals surface area contributed by atoms with E-state index in [9.17, 15) is 5.11 Å². The molecule has 4 nitrogen and oxygen atoms in total. The maximum absolute atomic E-state index is 10.5. The summed E-state index contributed by atoms with van der Waals surface area (Å²) >= 11 is 0. The first-order valence-corrected chi connectivity index (χ1v) is 9.09. The number of anilines is 1. The van der Waals surface area contributed by atoms with Gasteiger partial charge in [-0.25, -0.2) is 0 Å². The average molecular weight is 318 g/mol. The van der Waals surface area contributed by atoms with Gasteiger partial charge in [0.2, 0.25) is 0 Å². The highest BCUT2D eigenvalue weighted by molar-refractivity contribution is 5.61. The van der Waals surface area contributed by atoms with Gasteiger partial charge in [0.15, 0.2) is 0 Å². The number of likely N-dealkylation sites (tertiary alicyclic amines) is 1. The van der Waals surface area contributed by atoms with Gasteiger partial charge < -0.3 is 19.6 Å². The van der Waals surface area contributed by atoms with E-state index < -0.39 is 6.10 Å². The maximum atomic E-state index is 10.5. The number of likely N-dealkylation sites (N-methyl/N-ethyl adjacent to an activating group) is 1. The van der Waals surface area contributed by atoms with Gasteiger partial charge in [-0.15, -0.1) is 0 Å².